The first-order chi connectivity index (χ1) is 31.6. The molecule has 0 aliphatic rings. The Kier molecular flexibility index (Phi) is 61.9. The van der Waals surface area contributed by atoms with Crippen molar-refractivity contribution in [3.8, 4) is 0 Å². The van der Waals surface area contributed by atoms with Crippen molar-refractivity contribution in [1.82, 2.24) is 0 Å². The second-order valence-corrected chi connectivity index (χ2v) is 37.8. The van der Waals surface area contributed by atoms with Gasteiger partial charge in [-0.15, -0.1) is 0 Å². The van der Waals surface area contributed by atoms with E-state index in [1.807, 2.05) is 55.4 Å². The van der Waals surface area contributed by atoms with E-state index in [9.17, 15) is 0 Å². The van der Waals surface area contributed by atoms with Crippen molar-refractivity contribution in [3.05, 3.63) is 0 Å². The maximum Gasteiger partial charge on any atom is 4.00 e. The van der Waals surface area contributed by atoms with Crippen molar-refractivity contribution >= 4 is 143 Å². The van der Waals surface area contributed by atoms with Gasteiger partial charge in [0.25, 0.3) is 0 Å². The van der Waals surface area contributed by atoms with E-state index in [2.05, 4.69) is 55.4 Å². The van der Waals surface area contributed by atoms with Crippen LogP contribution in [0.2, 0.25) is 0 Å². The third kappa shape index (κ3) is 61.6. The van der Waals surface area contributed by atoms with Crippen LogP contribution < -0.4 is 0 Å². The molecule has 0 amide bonds. The Morgan fingerprint density at radius 3 is 0.420 bits per heavy atom. The zero-order valence-electron chi connectivity index (χ0n) is 46.4. The molecule has 0 spiro atoms. The molecule has 0 aromatic rings. The van der Waals surface area contributed by atoms with E-state index in [1.54, 1.807) is 0 Å². The third-order valence-electron chi connectivity index (χ3n) is 10.2. The van der Waals surface area contributed by atoms with E-state index in [4.69, 9.17) is 132 Å². The summed E-state index contributed by atoms with van der Waals surface area (Å²) in [5.41, 5.74) is -9.87. The van der Waals surface area contributed by atoms with Gasteiger partial charge in [0.1, 0.15) is 0 Å². The van der Waals surface area contributed by atoms with Gasteiger partial charge in [0.05, 0.1) is 71.6 Å². The van der Waals surface area contributed by atoms with Gasteiger partial charge in [0.2, 0.25) is 0 Å². The Morgan fingerprint density at radius 2 is 0.348 bits per heavy atom. The number of hydrogen-bond donors (Lipinski definition) is 0. The first kappa shape index (κ1) is 82.3. The smallest absolute Gasteiger partial charge is 0.691 e. The van der Waals surface area contributed by atoms with Crippen LogP contribution in [0.5, 0.6) is 0 Å². The van der Waals surface area contributed by atoms with Crippen LogP contribution in [0.25, 0.3) is 0 Å². The number of rotatable bonds is 40. The van der Waals surface area contributed by atoms with Crippen LogP contribution in [-0.4, -0.2) is 72.7 Å². The molecule has 416 valence electrons. The Labute approximate surface area is 488 Å². The monoisotopic (exact) mass is 1310 g/mol. The third-order valence-corrected chi connectivity index (χ3v) is 19.3. The van der Waals surface area contributed by atoms with Crippen LogP contribution >= 0.6 is 22.8 Å². The quantitative estimate of drug-likeness (QED) is 0.0332. The molecule has 8 atom stereocenters. The number of unbranched alkanes of at least 4 members (excludes halogenated alkanes) is 8. The molecule has 0 fully saturated rings. The molecular weight excluding hydrogens is 1200 g/mol. The zero-order chi connectivity index (χ0) is 53.2. The normalized spacial score (nSPS) is 18.4. The molecule has 0 bridgehead atoms. The minimum absolute atomic E-state index is 0. The van der Waals surface area contributed by atoms with Crippen molar-refractivity contribution in [2.45, 2.75) is 314 Å². The van der Waals surface area contributed by atoms with Crippen LogP contribution in [0, 0.1) is 0 Å². The van der Waals surface area contributed by atoms with Gasteiger partial charge in [0, 0.05) is 0 Å². The molecule has 0 radical (unpaired) electrons. The van der Waals surface area contributed by atoms with E-state index in [0.29, 0.717) is 0 Å². The fourth-order valence-corrected chi connectivity index (χ4v) is 17.8. The van der Waals surface area contributed by atoms with Gasteiger partial charge in [0.15, 0.2) is 0 Å². The van der Waals surface area contributed by atoms with Crippen molar-refractivity contribution in [3.63, 3.8) is 0 Å². The van der Waals surface area contributed by atoms with E-state index in [0.717, 1.165) is 103 Å². The Balaban J connectivity index is -0.000000263. The fraction of sp³-hybridized carbons (Fsp3) is 1.00. The molecule has 0 saturated carbocycles. The largest absolute Gasteiger partial charge is 4.00 e. The van der Waals surface area contributed by atoms with Gasteiger partial charge in [-0.05, 0) is 107 Å². The summed E-state index contributed by atoms with van der Waals surface area (Å²) >= 11 is 42.2. The molecule has 0 N–H and O–H groups in total. The SMILES string of the molecule is CCCCC(C)OP(=S)([S-])OC(C)CCCC.CCCCC(C)OP(=S)([S-])OC(C)CCCC.CCCCC(C)OP(=S)([S-])OC(C)CCCC.CCCCC(C)OP(=S)([S-])OC(C)CCCC.[Sn+4]. The van der Waals surface area contributed by atoms with E-state index in [1.165, 1.54) is 51.4 Å². The van der Waals surface area contributed by atoms with Crippen LogP contribution in [0.3, 0.4) is 0 Å². The topological polar surface area (TPSA) is 73.8 Å². The minimum Gasteiger partial charge on any atom is -0.691 e. The summed E-state index contributed by atoms with van der Waals surface area (Å²) in [6.45, 7) is 33.6. The van der Waals surface area contributed by atoms with Crippen LogP contribution in [0.1, 0.15) is 265 Å². The molecule has 0 saturated heterocycles. The molecule has 8 unspecified atom stereocenters. The molecule has 0 aliphatic heterocycles. The van der Waals surface area contributed by atoms with E-state index in [-0.39, 0.29) is 72.7 Å². The standard InChI is InChI=1S/4C12H27O2PS2.Sn/c4*1-5-7-9-11(3)13-15(16,17)14-12(4)10-8-6-2;/h4*11-12H,5-10H2,1-4H3,(H,16,17);/q;;;;+4/p-4. The summed E-state index contributed by atoms with van der Waals surface area (Å²) in [5, 5.41) is 0. The van der Waals surface area contributed by atoms with Gasteiger partial charge in [-0.25, -0.2) is 0 Å². The second-order valence-electron chi connectivity index (χ2n) is 18.3. The van der Waals surface area contributed by atoms with Crippen LogP contribution in [0.4, 0.5) is 0 Å². The van der Waals surface area contributed by atoms with Gasteiger partial charge >= 0.3 is 23.9 Å². The van der Waals surface area contributed by atoms with Crippen molar-refractivity contribution in [1.29, 1.82) is 0 Å². The van der Waals surface area contributed by atoms with Crippen molar-refractivity contribution < 1.29 is 36.2 Å². The maximum atomic E-state index is 5.71. The molecule has 8 nitrogen and oxygen atoms in total. The van der Waals surface area contributed by atoms with Crippen molar-refractivity contribution in [2.24, 2.45) is 0 Å². The van der Waals surface area contributed by atoms with Gasteiger partial charge in [-0.2, -0.15) is 0 Å². The predicted molar refractivity (Wildman–Crippen MR) is 333 cm³/mol. The molecule has 0 rings (SSSR count). The minimum atomic E-state index is -2.47. The second kappa shape index (κ2) is 51.9. The van der Waals surface area contributed by atoms with E-state index < -0.39 is 22.8 Å². The maximum absolute atomic E-state index is 5.71. The summed E-state index contributed by atoms with van der Waals surface area (Å²) in [7, 11) is 0. The molecule has 69 heavy (non-hydrogen) atoms. The molecule has 21 heteroatoms. The van der Waals surface area contributed by atoms with E-state index >= 15 is 0 Å². The van der Waals surface area contributed by atoms with Crippen molar-refractivity contribution in [2.75, 3.05) is 0 Å². The Morgan fingerprint density at radius 1 is 0.261 bits per heavy atom. The molecule has 0 aromatic carbocycles. The number of hydrogen-bond acceptors (Lipinski definition) is 16. The van der Waals surface area contributed by atoms with Crippen LogP contribution in [0.15, 0.2) is 0 Å². The molecule has 0 aliphatic carbocycles. The predicted octanol–water partition coefficient (Wildman–Crippen LogP) is 19.4. The zero-order valence-corrected chi connectivity index (χ0v) is 59.4. The molecule has 0 aromatic heterocycles. The molecular formula is C48H104O8P4S8Sn. The van der Waals surface area contributed by atoms with Gasteiger partial charge in [-0.1, -0.05) is 205 Å². The molecule has 0 heterocycles. The average Bonchev–Trinajstić information content (AvgIpc) is 3.22. The first-order valence-corrected chi connectivity index (χ1v) is 41.0. The Bertz CT molecular complexity index is 1070. The summed E-state index contributed by atoms with van der Waals surface area (Å²) in [4.78, 5) is 0. The first-order valence-electron chi connectivity index (χ1n) is 26.3. The average molecular weight is 1310 g/mol. The van der Waals surface area contributed by atoms with Crippen LogP contribution in [-0.2, 0) is 132 Å². The summed E-state index contributed by atoms with van der Waals surface area (Å²) in [5.74, 6) is 0. The summed E-state index contributed by atoms with van der Waals surface area (Å²) < 4.78 is 45.7. The van der Waals surface area contributed by atoms with Gasteiger partial charge < -0.3 is 85.2 Å². The summed E-state index contributed by atoms with van der Waals surface area (Å²) in [6, 6.07) is 0. The van der Waals surface area contributed by atoms with Gasteiger partial charge in [-0.3, -0.25) is 0 Å². The fourth-order valence-electron chi connectivity index (χ4n) is 6.22. The summed E-state index contributed by atoms with van der Waals surface area (Å²) in [6.07, 6.45) is 27.6. The Hall–Kier alpha value is 4.48.